The van der Waals surface area contributed by atoms with Gasteiger partial charge in [0.2, 0.25) is 0 Å². The zero-order valence-corrected chi connectivity index (χ0v) is 10.4. The Kier molecular flexibility index (Phi) is 3.34. The molecule has 2 aromatic carbocycles. The monoisotopic (exact) mass is 250 g/mol. The van der Waals surface area contributed by atoms with E-state index < -0.39 is 0 Å². The van der Waals surface area contributed by atoms with E-state index in [0.717, 1.165) is 5.56 Å². The first kappa shape index (κ1) is 11.9. The van der Waals surface area contributed by atoms with Crippen molar-refractivity contribution in [2.75, 3.05) is 7.11 Å². The van der Waals surface area contributed by atoms with Crippen LogP contribution in [0.2, 0.25) is 5.02 Å². The summed E-state index contributed by atoms with van der Waals surface area (Å²) in [6.45, 7) is 1.90. The van der Waals surface area contributed by atoms with E-state index in [2.05, 4.69) is 0 Å². The van der Waals surface area contributed by atoms with E-state index >= 15 is 0 Å². The van der Waals surface area contributed by atoms with Crippen LogP contribution in [-0.2, 0) is 0 Å². The van der Waals surface area contributed by atoms with Crippen molar-refractivity contribution in [3.63, 3.8) is 0 Å². The minimum Gasteiger partial charge on any atom is -0.496 e. The van der Waals surface area contributed by atoms with Crippen LogP contribution in [0.1, 0.15) is 5.56 Å². The van der Waals surface area contributed by atoms with Crippen LogP contribution in [0.4, 0.5) is 4.39 Å². The quantitative estimate of drug-likeness (QED) is 0.765. The van der Waals surface area contributed by atoms with Crippen molar-refractivity contribution in [3.05, 3.63) is 52.8 Å². The van der Waals surface area contributed by atoms with E-state index in [1.807, 2.05) is 6.92 Å². The van der Waals surface area contributed by atoms with Crippen molar-refractivity contribution >= 4 is 11.6 Å². The second-order valence-electron chi connectivity index (χ2n) is 3.78. The van der Waals surface area contributed by atoms with Gasteiger partial charge in [-0.2, -0.15) is 0 Å². The number of rotatable bonds is 2. The fraction of sp³-hybridized carbons (Fsp3) is 0.143. The molecule has 0 fully saturated rings. The van der Waals surface area contributed by atoms with Crippen LogP contribution in [0.5, 0.6) is 5.75 Å². The number of halogens is 2. The minimum absolute atomic E-state index is 0.291. The first-order chi connectivity index (χ1) is 8.13. The number of aryl methyl sites for hydroxylation is 1. The summed E-state index contributed by atoms with van der Waals surface area (Å²) >= 11 is 6.14. The molecule has 1 nitrogen and oxygen atoms in total. The smallest absolute Gasteiger partial charge is 0.131 e. The molecule has 88 valence electrons. The predicted octanol–water partition coefficient (Wildman–Crippen LogP) is 4.46. The molecule has 2 rings (SSSR count). The number of hydrogen-bond acceptors (Lipinski definition) is 1. The molecular weight excluding hydrogens is 239 g/mol. The Morgan fingerprint density at radius 2 is 1.82 bits per heavy atom. The second kappa shape index (κ2) is 4.76. The van der Waals surface area contributed by atoms with Crippen molar-refractivity contribution in [3.8, 4) is 16.9 Å². The Hall–Kier alpha value is -1.54. The average Bonchev–Trinajstić information content (AvgIpc) is 2.31. The van der Waals surface area contributed by atoms with Gasteiger partial charge in [-0.05, 0) is 30.7 Å². The van der Waals surface area contributed by atoms with E-state index in [9.17, 15) is 4.39 Å². The third-order valence-electron chi connectivity index (χ3n) is 2.65. The first-order valence-electron chi connectivity index (χ1n) is 5.22. The van der Waals surface area contributed by atoms with Gasteiger partial charge in [0.25, 0.3) is 0 Å². The maximum absolute atomic E-state index is 13.7. The summed E-state index contributed by atoms with van der Waals surface area (Å²) in [6, 6.07) is 10.1. The largest absolute Gasteiger partial charge is 0.496 e. The molecule has 17 heavy (non-hydrogen) atoms. The summed E-state index contributed by atoms with van der Waals surface area (Å²) in [7, 11) is 1.58. The SMILES string of the molecule is COc1cc(-c2ccccc2F)c(Cl)cc1C. The second-order valence-corrected chi connectivity index (χ2v) is 4.19. The molecule has 0 amide bonds. The Morgan fingerprint density at radius 1 is 1.12 bits per heavy atom. The van der Waals surface area contributed by atoms with E-state index in [0.29, 0.717) is 21.9 Å². The highest BCUT2D eigenvalue weighted by atomic mass is 35.5. The first-order valence-corrected chi connectivity index (χ1v) is 5.60. The fourth-order valence-corrected chi connectivity index (χ4v) is 2.08. The highest BCUT2D eigenvalue weighted by molar-refractivity contribution is 6.33. The molecule has 0 unspecified atom stereocenters. The molecule has 0 aromatic heterocycles. The number of methoxy groups -OCH3 is 1. The molecule has 0 saturated heterocycles. The summed E-state index contributed by atoms with van der Waals surface area (Å²) in [5.74, 6) is 0.410. The highest BCUT2D eigenvalue weighted by Gasteiger charge is 2.11. The molecule has 0 spiro atoms. The molecule has 2 aromatic rings. The minimum atomic E-state index is -0.291. The van der Waals surface area contributed by atoms with Gasteiger partial charge in [-0.3, -0.25) is 0 Å². The zero-order chi connectivity index (χ0) is 12.4. The summed E-state index contributed by atoms with van der Waals surface area (Å²) < 4.78 is 18.9. The van der Waals surface area contributed by atoms with Gasteiger partial charge >= 0.3 is 0 Å². The lowest BCUT2D eigenvalue weighted by atomic mass is 10.0. The maximum atomic E-state index is 13.7. The lowest BCUT2D eigenvalue weighted by Crippen LogP contribution is -1.91. The predicted molar refractivity (Wildman–Crippen MR) is 68.1 cm³/mol. The standard InChI is InChI=1S/C14H12ClFO/c1-9-7-12(15)11(8-14(9)17-2)10-5-3-4-6-13(10)16/h3-8H,1-2H3. The van der Waals surface area contributed by atoms with Gasteiger partial charge in [0.15, 0.2) is 0 Å². The van der Waals surface area contributed by atoms with Gasteiger partial charge in [0.1, 0.15) is 11.6 Å². The topological polar surface area (TPSA) is 9.23 Å². The van der Waals surface area contributed by atoms with Crippen molar-refractivity contribution < 1.29 is 9.13 Å². The van der Waals surface area contributed by atoms with Crippen molar-refractivity contribution in [1.82, 2.24) is 0 Å². The highest BCUT2D eigenvalue weighted by Crippen LogP contribution is 2.34. The summed E-state index contributed by atoms with van der Waals surface area (Å²) in [4.78, 5) is 0. The van der Waals surface area contributed by atoms with E-state index in [4.69, 9.17) is 16.3 Å². The molecule has 0 bridgehead atoms. The van der Waals surface area contributed by atoms with Crippen molar-refractivity contribution in [1.29, 1.82) is 0 Å². The Balaban J connectivity index is 2.64. The van der Waals surface area contributed by atoms with Crippen LogP contribution in [0.3, 0.4) is 0 Å². The van der Waals surface area contributed by atoms with Gasteiger partial charge in [-0.15, -0.1) is 0 Å². The van der Waals surface area contributed by atoms with Gasteiger partial charge < -0.3 is 4.74 Å². The van der Waals surface area contributed by atoms with E-state index in [1.165, 1.54) is 6.07 Å². The Labute approximate surface area is 105 Å². The number of ether oxygens (including phenoxy) is 1. The third-order valence-corrected chi connectivity index (χ3v) is 2.96. The maximum Gasteiger partial charge on any atom is 0.131 e. The fourth-order valence-electron chi connectivity index (χ4n) is 1.76. The van der Waals surface area contributed by atoms with Crippen molar-refractivity contribution in [2.24, 2.45) is 0 Å². The molecule has 0 aliphatic heterocycles. The summed E-state index contributed by atoms with van der Waals surface area (Å²) in [6.07, 6.45) is 0. The third kappa shape index (κ3) is 2.27. The molecule has 0 aliphatic rings. The van der Waals surface area contributed by atoms with Crippen LogP contribution >= 0.6 is 11.6 Å². The lowest BCUT2D eigenvalue weighted by Gasteiger charge is -2.11. The van der Waals surface area contributed by atoms with Gasteiger partial charge in [0, 0.05) is 16.1 Å². The molecular formula is C14H12ClFO. The number of benzene rings is 2. The molecule has 0 atom stereocenters. The van der Waals surface area contributed by atoms with E-state index in [-0.39, 0.29) is 5.82 Å². The summed E-state index contributed by atoms with van der Waals surface area (Å²) in [5, 5.41) is 0.522. The van der Waals surface area contributed by atoms with Crippen molar-refractivity contribution in [2.45, 2.75) is 6.92 Å². The Morgan fingerprint density at radius 3 is 2.47 bits per heavy atom. The molecule has 0 radical (unpaired) electrons. The van der Waals surface area contributed by atoms with Crippen LogP contribution in [0.15, 0.2) is 36.4 Å². The van der Waals surface area contributed by atoms with Gasteiger partial charge in [-0.1, -0.05) is 29.8 Å². The molecule has 0 heterocycles. The van der Waals surface area contributed by atoms with E-state index in [1.54, 1.807) is 37.4 Å². The molecule has 3 heteroatoms. The molecule has 0 N–H and O–H groups in total. The zero-order valence-electron chi connectivity index (χ0n) is 9.63. The summed E-state index contributed by atoms with van der Waals surface area (Å²) in [5.41, 5.74) is 2.06. The van der Waals surface area contributed by atoms with Crippen LogP contribution in [-0.4, -0.2) is 7.11 Å². The van der Waals surface area contributed by atoms with Crippen LogP contribution in [0, 0.1) is 12.7 Å². The lowest BCUT2D eigenvalue weighted by molar-refractivity contribution is 0.412. The van der Waals surface area contributed by atoms with Gasteiger partial charge in [-0.25, -0.2) is 4.39 Å². The average molecular weight is 251 g/mol. The number of hydrogen-bond donors (Lipinski definition) is 0. The van der Waals surface area contributed by atoms with Gasteiger partial charge in [0.05, 0.1) is 7.11 Å². The molecule has 0 aliphatic carbocycles. The molecule has 0 saturated carbocycles. The Bertz CT molecular complexity index is 552. The normalized spacial score (nSPS) is 10.4. The van der Waals surface area contributed by atoms with Crippen LogP contribution < -0.4 is 4.74 Å². The van der Waals surface area contributed by atoms with Crippen LogP contribution in [0.25, 0.3) is 11.1 Å².